The molecule has 2 heterocycles. The Bertz CT molecular complexity index is 1050. The highest BCUT2D eigenvalue weighted by Gasteiger charge is 2.16. The molecule has 1 aliphatic rings. The number of para-hydroxylation sites is 2. The van der Waals surface area contributed by atoms with Gasteiger partial charge in [0.2, 0.25) is 17.8 Å². The van der Waals surface area contributed by atoms with Crippen molar-refractivity contribution in [1.82, 2.24) is 15.0 Å². The second-order valence-corrected chi connectivity index (χ2v) is 8.07. The van der Waals surface area contributed by atoms with E-state index in [9.17, 15) is 0 Å². The summed E-state index contributed by atoms with van der Waals surface area (Å²) in [5.74, 6) is 2.32. The van der Waals surface area contributed by atoms with E-state index in [1.165, 1.54) is 6.42 Å². The lowest BCUT2D eigenvalue weighted by Gasteiger charge is -2.26. The highest BCUT2D eigenvalue weighted by molar-refractivity contribution is 5.83. The first kappa shape index (κ1) is 22.5. The number of piperidine rings is 1. The fourth-order valence-electron chi connectivity index (χ4n) is 3.51. The second kappa shape index (κ2) is 11.3. The van der Waals surface area contributed by atoms with Crippen LogP contribution in [-0.2, 0) is 0 Å². The quantitative estimate of drug-likeness (QED) is 0.344. The van der Waals surface area contributed by atoms with E-state index in [0.29, 0.717) is 17.8 Å². The van der Waals surface area contributed by atoms with Crippen LogP contribution < -0.4 is 20.4 Å². The molecule has 1 saturated heterocycles. The van der Waals surface area contributed by atoms with E-state index in [1.54, 1.807) is 6.21 Å². The lowest BCUT2D eigenvalue weighted by atomic mass is 10.1. The molecule has 1 atom stereocenters. The third kappa shape index (κ3) is 6.41. The van der Waals surface area contributed by atoms with Crippen LogP contribution in [-0.4, -0.2) is 40.4 Å². The van der Waals surface area contributed by atoms with E-state index in [1.807, 2.05) is 54.6 Å². The van der Waals surface area contributed by atoms with Gasteiger partial charge in [0.05, 0.1) is 12.3 Å². The van der Waals surface area contributed by atoms with Gasteiger partial charge in [-0.25, -0.2) is 5.43 Å². The van der Waals surface area contributed by atoms with Crippen LogP contribution in [0.4, 0.5) is 23.5 Å². The van der Waals surface area contributed by atoms with Crippen LogP contribution in [0.2, 0.25) is 0 Å². The highest BCUT2D eigenvalue weighted by atomic mass is 16.5. The molecule has 1 fully saturated rings. The van der Waals surface area contributed by atoms with E-state index in [2.05, 4.69) is 49.5 Å². The number of nitrogens with one attached hydrogen (secondary N) is 2. The van der Waals surface area contributed by atoms with Crippen molar-refractivity contribution < 1.29 is 4.74 Å². The van der Waals surface area contributed by atoms with Gasteiger partial charge in [-0.3, -0.25) is 0 Å². The van der Waals surface area contributed by atoms with Crippen LogP contribution in [0.1, 0.15) is 45.1 Å². The lowest BCUT2D eigenvalue weighted by Crippen LogP contribution is -2.31. The molecule has 2 aromatic carbocycles. The van der Waals surface area contributed by atoms with Crippen LogP contribution in [0.5, 0.6) is 5.75 Å². The summed E-state index contributed by atoms with van der Waals surface area (Å²) < 4.78 is 6.00. The fraction of sp³-hybridized carbons (Fsp3) is 0.360. The molecule has 8 nitrogen and oxygen atoms in total. The van der Waals surface area contributed by atoms with Gasteiger partial charge in [-0.05, 0) is 56.9 Å². The molecule has 0 amide bonds. The molecular formula is C25H31N7O. The SMILES string of the molecule is CC[C@H](C)Oc1ccccc1/C=N\Nc1nc(Nc2ccccc2)nc(N2CCCCC2)n1. The number of hydrogen-bond donors (Lipinski definition) is 2. The van der Waals surface area contributed by atoms with Crippen LogP contribution in [0.25, 0.3) is 0 Å². The Morgan fingerprint density at radius 1 is 0.970 bits per heavy atom. The average Bonchev–Trinajstić information content (AvgIpc) is 2.86. The smallest absolute Gasteiger partial charge is 0.250 e. The number of nitrogens with zero attached hydrogens (tertiary/aromatic N) is 5. The van der Waals surface area contributed by atoms with Gasteiger partial charge >= 0.3 is 0 Å². The third-order valence-corrected chi connectivity index (χ3v) is 5.48. The van der Waals surface area contributed by atoms with Crippen molar-refractivity contribution in [3.63, 3.8) is 0 Å². The number of rotatable bonds is 9. The monoisotopic (exact) mass is 445 g/mol. The van der Waals surface area contributed by atoms with Crippen molar-refractivity contribution in [2.45, 2.75) is 45.6 Å². The Hall–Kier alpha value is -3.68. The molecule has 3 aromatic rings. The molecule has 33 heavy (non-hydrogen) atoms. The number of anilines is 4. The zero-order valence-electron chi connectivity index (χ0n) is 19.2. The maximum Gasteiger partial charge on any atom is 0.250 e. The van der Waals surface area contributed by atoms with E-state index < -0.39 is 0 Å². The Balaban J connectivity index is 1.54. The Morgan fingerprint density at radius 3 is 2.48 bits per heavy atom. The number of aromatic nitrogens is 3. The molecule has 172 valence electrons. The van der Waals surface area contributed by atoms with Gasteiger partial charge in [-0.2, -0.15) is 20.1 Å². The first-order valence-electron chi connectivity index (χ1n) is 11.6. The van der Waals surface area contributed by atoms with Crippen LogP contribution >= 0.6 is 0 Å². The summed E-state index contributed by atoms with van der Waals surface area (Å²) in [7, 11) is 0. The topological polar surface area (TPSA) is 87.6 Å². The van der Waals surface area contributed by atoms with Crippen molar-refractivity contribution in [3.05, 3.63) is 60.2 Å². The van der Waals surface area contributed by atoms with E-state index in [-0.39, 0.29) is 6.10 Å². The standard InChI is InChI=1S/C25H31N7O/c1-3-19(2)33-22-15-9-8-12-20(22)18-26-31-24-28-23(27-21-13-6-4-7-14-21)29-25(30-24)32-16-10-5-11-17-32/h4,6-9,12-15,18-19H,3,5,10-11,16-17H2,1-2H3,(H2,27,28,29,30,31)/b26-18-/t19-/m0/s1. The fourth-order valence-corrected chi connectivity index (χ4v) is 3.51. The highest BCUT2D eigenvalue weighted by Crippen LogP contribution is 2.21. The molecule has 1 aromatic heterocycles. The number of ether oxygens (including phenoxy) is 1. The molecule has 8 heteroatoms. The summed E-state index contributed by atoms with van der Waals surface area (Å²) in [5.41, 5.74) is 4.78. The summed E-state index contributed by atoms with van der Waals surface area (Å²) in [4.78, 5) is 16.0. The van der Waals surface area contributed by atoms with Gasteiger partial charge in [0, 0.05) is 24.3 Å². The minimum atomic E-state index is 0.134. The van der Waals surface area contributed by atoms with Crippen LogP contribution in [0, 0.1) is 0 Å². The van der Waals surface area contributed by atoms with Gasteiger partial charge in [0.25, 0.3) is 0 Å². The molecule has 1 aliphatic heterocycles. The van der Waals surface area contributed by atoms with Crippen molar-refractivity contribution in [2.75, 3.05) is 28.7 Å². The zero-order valence-corrected chi connectivity index (χ0v) is 19.2. The summed E-state index contributed by atoms with van der Waals surface area (Å²) in [6.07, 6.45) is 6.32. The van der Waals surface area contributed by atoms with Gasteiger partial charge < -0.3 is 15.0 Å². The summed E-state index contributed by atoms with van der Waals surface area (Å²) in [6.45, 7) is 6.04. The molecule has 0 radical (unpaired) electrons. The Morgan fingerprint density at radius 2 is 1.70 bits per heavy atom. The largest absolute Gasteiger partial charge is 0.490 e. The van der Waals surface area contributed by atoms with Gasteiger partial charge in [0.1, 0.15) is 5.75 Å². The maximum absolute atomic E-state index is 6.00. The predicted octanol–water partition coefficient (Wildman–Crippen LogP) is 5.23. The Kier molecular flexibility index (Phi) is 7.68. The van der Waals surface area contributed by atoms with E-state index >= 15 is 0 Å². The number of hydrazone groups is 1. The molecule has 0 saturated carbocycles. The van der Waals surface area contributed by atoms with Gasteiger partial charge in [0.15, 0.2) is 0 Å². The molecule has 0 aliphatic carbocycles. The molecule has 4 rings (SSSR count). The first-order valence-corrected chi connectivity index (χ1v) is 11.6. The lowest BCUT2D eigenvalue weighted by molar-refractivity contribution is 0.217. The predicted molar refractivity (Wildman–Crippen MR) is 134 cm³/mol. The minimum absolute atomic E-state index is 0.134. The van der Waals surface area contributed by atoms with Gasteiger partial charge in [-0.15, -0.1) is 0 Å². The normalized spacial score (nSPS) is 14.8. The van der Waals surface area contributed by atoms with Crippen molar-refractivity contribution in [3.8, 4) is 5.75 Å². The average molecular weight is 446 g/mol. The molecule has 0 unspecified atom stereocenters. The molecular weight excluding hydrogens is 414 g/mol. The van der Waals surface area contributed by atoms with Crippen LogP contribution in [0.3, 0.4) is 0 Å². The third-order valence-electron chi connectivity index (χ3n) is 5.48. The molecule has 2 N–H and O–H groups in total. The number of benzene rings is 2. The molecule has 0 spiro atoms. The first-order chi connectivity index (χ1) is 16.2. The van der Waals surface area contributed by atoms with Gasteiger partial charge in [-0.1, -0.05) is 37.3 Å². The zero-order chi connectivity index (χ0) is 22.9. The van der Waals surface area contributed by atoms with Crippen LogP contribution in [0.15, 0.2) is 59.7 Å². The minimum Gasteiger partial charge on any atom is -0.490 e. The van der Waals surface area contributed by atoms with Crippen molar-refractivity contribution >= 4 is 29.7 Å². The summed E-state index contributed by atoms with van der Waals surface area (Å²) in [5, 5.41) is 7.65. The van der Waals surface area contributed by atoms with E-state index in [4.69, 9.17) is 4.74 Å². The second-order valence-electron chi connectivity index (χ2n) is 8.07. The molecule has 0 bridgehead atoms. The van der Waals surface area contributed by atoms with Crippen molar-refractivity contribution in [1.29, 1.82) is 0 Å². The maximum atomic E-state index is 6.00. The van der Waals surface area contributed by atoms with Crippen molar-refractivity contribution in [2.24, 2.45) is 5.10 Å². The van der Waals surface area contributed by atoms with E-state index in [0.717, 1.165) is 49.4 Å². The Labute approximate surface area is 195 Å². The number of hydrogen-bond acceptors (Lipinski definition) is 8. The summed E-state index contributed by atoms with van der Waals surface area (Å²) in [6, 6.07) is 17.7. The summed E-state index contributed by atoms with van der Waals surface area (Å²) >= 11 is 0.